The lowest BCUT2D eigenvalue weighted by Crippen LogP contribution is -2.08. The van der Waals surface area contributed by atoms with E-state index >= 15 is 0 Å². The number of hydrogen-bond donors (Lipinski definition) is 3. The highest BCUT2D eigenvalue weighted by Crippen LogP contribution is 2.37. The molecule has 0 aliphatic heterocycles. The number of benzene rings is 1. The first-order chi connectivity index (χ1) is 11.2. The van der Waals surface area contributed by atoms with Crippen LogP contribution in [-0.4, -0.2) is 45.1 Å². The third-order valence-electron chi connectivity index (χ3n) is 2.74. The van der Waals surface area contributed by atoms with Gasteiger partial charge in [-0.2, -0.15) is 9.97 Å². The molecule has 0 saturated carbocycles. The summed E-state index contributed by atoms with van der Waals surface area (Å²) in [7, 11) is -1.94. The van der Waals surface area contributed by atoms with Crippen molar-refractivity contribution in [1.82, 2.24) is 9.97 Å². The van der Waals surface area contributed by atoms with E-state index in [1.54, 1.807) is 0 Å². The molecule has 0 fully saturated rings. The number of carbonyl (C=O) groups is 1. The number of methoxy groups -OCH3 is 2. The van der Waals surface area contributed by atoms with E-state index in [9.17, 15) is 19.1 Å². The Bertz CT molecular complexity index is 820. The second kappa shape index (κ2) is 6.83. The molecule has 1 aromatic carbocycles. The van der Waals surface area contributed by atoms with Crippen LogP contribution in [0, 0.1) is 0 Å². The Morgan fingerprint density at radius 3 is 2.17 bits per heavy atom. The van der Waals surface area contributed by atoms with Crippen LogP contribution in [-0.2, 0) is 4.57 Å². The Morgan fingerprint density at radius 2 is 1.62 bits per heavy atom. The maximum atomic E-state index is 11.4. The van der Waals surface area contributed by atoms with E-state index in [1.807, 2.05) is 0 Å². The van der Waals surface area contributed by atoms with Crippen LogP contribution in [0.3, 0.4) is 0 Å². The van der Waals surface area contributed by atoms with E-state index in [4.69, 9.17) is 19.3 Å². The van der Waals surface area contributed by atoms with Gasteiger partial charge in [0, 0.05) is 6.07 Å². The fourth-order valence-electron chi connectivity index (χ4n) is 1.68. The lowest BCUT2D eigenvalue weighted by atomic mass is 10.3. The molecular weight excluding hydrogens is 343 g/mol. The molecule has 10 nitrogen and oxygen atoms in total. The minimum Gasteiger partial charge on any atom is -0.497 e. The summed E-state index contributed by atoms with van der Waals surface area (Å²) in [6.07, 6.45) is 0. The molecule has 0 saturated heterocycles. The summed E-state index contributed by atoms with van der Waals surface area (Å²) in [4.78, 5) is 36.8. The molecule has 128 valence electrons. The SMILES string of the molecule is COc1cc(Oc2cc(OC)nc(C(=O)O)n2)cc(P(=O)(O)O)c1. The summed E-state index contributed by atoms with van der Waals surface area (Å²) in [6.45, 7) is 0. The van der Waals surface area contributed by atoms with Gasteiger partial charge in [-0.15, -0.1) is 0 Å². The molecule has 0 amide bonds. The third kappa shape index (κ3) is 4.19. The molecule has 2 aromatic rings. The molecule has 0 aliphatic carbocycles. The predicted octanol–water partition coefficient (Wildman–Crippen LogP) is 0.787. The maximum absolute atomic E-state index is 11.4. The van der Waals surface area contributed by atoms with Crippen LogP contribution >= 0.6 is 7.60 Å². The van der Waals surface area contributed by atoms with E-state index in [2.05, 4.69) is 9.97 Å². The summed E-state index contributed by atoms with van der Waals surface area (Å²) in [6, 6.07) is 4.84. The molecule has 1 aromatic heterocycles. The highest BCUT2D eigenvalue weighted by Gasteiger charge is 2.20. The van der Waals surface area contributed by atoms with Crippen molar-refractivity contribution < 1.29 is 38.5 Å². The number of hydrogen-bond acceptors (Lipinski definition) is 7. The van der Waals surface area contributed by atoms with Crippen LogP contribution in [0.4, 0.5) is 0 Å². The van der Waals surface area contributed by atoms with Crippen molar-refractivity contribution >= 4 is 18.9 Å². The largest absolute Gasteiger partial charge is 0.497 e. The van der Waals surface area contributed by atoms with E-state index in [0.717, 1.165) is 12.1 Å². The topological polar surface area (TPSA) is 148 Å². The smallest absolute Gasteiger partial charge is 0.374 e. The Labute approximate surface area is 135 Å². The number of nitrogens with zero attached hydrogens (tertiary/aromatic N) is 2. The number of aromatic nitrogens is 2. The van der Waals surface area contributed by atoms with Gasteiger partial charge in [0.15, 0.2) is 0 Å². The van der Waals surface area contributed by atoms with Gasteiger partial charge in [-0.05, 0) is 12.1 Å². The van der Waals surface area contributed by atoms with Gasteiger partial charge < -0.3 is 29.1 Å². The normalized spacial score (nSPS) is 11.0. The Hall–Kier alpha value is -2.68. The van der Waals surface area contributed by atoms with Crippen molar-refractivity contribution in [2.45, 2.75) is 0 Å². The number of ether oxygens (including phenoxy) is 3. The second-order valence-corrected chi connectivity index (χ2v) is 5.99. The Morgan fingerprint density at radius 1 is 1.00 bits per heavy atom. The summed E-state index contributed by atoms with van der Waals surface area (Å²) < 4.78 is 26.6. The molecule has 0 atom stereocenters. The molecular formula is C13H13N2O8P. The maximum Gasteiger partial charge on any atom is 0.374 e. The van der Waals surface area contributed by atoms with Crippen LogP contribution in [0.2, 0.25) is 0 Å². The van der Waals surface area contributed by atoms with Gasteiger partial charge in [0.2, 0.25) is 17.6 Å². The van der Waals surface area contributed by atoms with Crippen LogP contribution in [0.5, 0.6) is 23.3 Å². The second-order valence-electron chi connectivity index (χ2n) is 4.39. The van der Waals surface area contributed by atoms with Gasteiger partial charge in [-0.3, -0.25) is 4.57 Å². The van der Waals surface area contributed by atoms with Crippen LogP contribution in [0.15, 0.2) is 24.3 Å². The standard InChI is InChI=1S/C13H13N2O8P/c1-21-7-3-8(5-9(4-7)24(18,19)20)23-11-6-10(22-2)14-12(15-11)13(16)17/h3-6H,1-2H3,(H,16,17)(H2,18,19,20). The van der Waals surface area contributed by atoms with Crippen LogP contribution in [0.25, 0.3) is 0 Å². The molecule has 24 heavy (non-hydrogen) atoms. The average molecular weight is 356 g/mol. The highest BCUT2D eigenvalue weighted by molar-refractivity contribution is 7.60. The Balaban J connectivity index is 2.45. The van der Waals surface area contributed by atoms with Crippen molar-refractivity contribution in [1.29, 1.82) is 0 Å². The molecule has 3 N–H and O–H groups in total. The van der Waals surface area contributed by atoms with Crippen molar-refractivity contribution in [3.05, 3.63) is 30.1 Å². The van der Waals surface area contributed by atoms with Gasteiger partial charge in [0.1, 0.15) is 11.5 Å². The summed E-state index contributed by atoms with van der Waals surface area (Å²) in [5, 5.41) is 8.65. The average Bonchev–Trinajstić information content (AvgIpc) is 2.53. The lowest BCUT2D eigenvalue weighted by Gasteiger charge is -2.11. The number of carboxylic acid groups (broad SMARTS) is 1. The van der Waals surface area contributed by atoms with Gasteiger partial charge >= 0.3 is 13.6 Å². The first kappa shape index (κ1) is 17.7. The number of rotatable bonds is 6. The summed E-state index contributed by atoms with van der Waals surface area (Å²) in [5.74, 6) is -2.03. The zero-order valence-corrected chi connectivity index (χ0v) is 13.4. The molecule has 0 radical (unpaired) electrons. The van der Waals surface area contributed by atoms with Gasteiger partial charge in [-0.25, -0.2) is 4.79 Å². The molecule has 11 heteroatoms. The molecule has 0 bridgehead atoms. The van der Waals surface area contributed by atoms with E-state index in [-0.39, 0.29) is 28.6 Å². The fraction of sp³-hybridized carbons (Fsp3) is 0.154. The highest BCUT2D eigenvalue weighted by atomic mass is 31.2. The lowest BCUT2D eigenvalue weighted by molar-refractivity contribution is 0.0681. The summed E-state index contributed by atoms with van der Waals surface area (Å²) in [5.41, 5.74) is 0. The van der Waals surface area contributed by atoms with E-state index in [1.165, 1.54) is 26.4 Å². The molecule has 0 spiro atoms. The predicted molar refractivity (Wildman–Crippen MR) is 80.3 cm³/mol. The van der Waals surface area contributed by atoms with Crippen molar-refractivity contribution in [3.63, 3.8) is 0 Å². The van der Waals surface area contributed by atoms with E-state index < -0.39 is 19.4 Å². The Kier molecular flexibility index (Phi) is 5.03. The van der Waals surface area contributed by atoms with Crippen LogP contribution in [0.1, 0.15) is 10.6 Å². The number of aromatic carboxylic acids is 1. The first-order valence-electron chi connectivity index (χ1n) is 6.32. The van der Waals surface area contributed by atoms with Gasteiger partial charge in [0.25, 0.3) is 0 Å². The first-order valence-corrected chi connectivity index (χ1v) is 7.93. The minimum absolute atomic E-state index is 0.00948. The molecule has 1 heterocycles. The quantitative estimate of drug-likeness (QED) is 0.634. The molecule has 0 aliphatic rings. The minimum atomic E-state index is -4.54. The third-order valence-corrected chi connectivity index (χ3v) is 3.67. The van der Waals surface area contributed by atoms with Crippen molar-refractivity contribution in [2.24, 2.45) is 0 Å². The fourth-order valence-corrected chi connectivity index (χ4v) is 2.27. The van der Waals surface area contributed by atoms with Gasteiger partial charge in [0.05, 0.1) is 25.6 Å². The van der Waals surface area contributed by atoms with Crippen molar-refractivity contribution in [3.8, 4) is 23.3 Å². The monoisotopic (exact) mass is 356 g/mol. The van der Waals surface area contributed by atoms with Crippen LogP contribution < -0.4 is 19.5 Å². The van der Waals surface area contributed by atoms with E-state index in [0.29, 0.717) is 0 Å². The number of carboxylic acids is 1. The van der Waals surface area contributed by atoms with Crippen molar-refractivity contribution in [2.75, 3.05) is 14.2 Å². The van der Waals surface area contributed by atoms with Gasteiger partial charge in [-0.1, -0.05) is 0 Å². The summed E-state index contributed by atoms with van der Waals surface area (Å²) >= 11 is 0. The molecule has 0 unspecified atom stereocenters. The zero-order valence-electron chi connectivity index (χ0n) is 12.5. The molecule has 2 rings (SSSR count). The zero-order chi connectivity index (χ0) is 17.9.